The van der Waals surface area contributed by atoms with E-state index in [4.69, 9.17) is 24.7 Å². The predicted molar refractivity (Wildman–Crippen MR) is 97.7 cm³/mol. The molecule has 2 N–H and O–H groups in total. The quantitative estimate of drug-likeness (QED) is 0.711. The van der Waals surface area contributed by atoms with Gasteiger partial charge in [0.25, 0.3) is 0 Å². The highest BCUT2D eigenvalue weighted by Crippen LogP contribution is 2.33. The highest BCUT2D eigenvalue weighted by molar-refractivity contribution is 7.16. The van der Waals surface area contributed by atoms with Crippen LogP contribution in [0.2, 0.25) is 0 Å². The van der Waals surface area contributed by atoms with Crippen molar-refractivity contribution in [1.29, 1.82) is 0 Å². The van der Waals surface area contributed by atoms with E-state index in [-0.39, 0.29) is 35.6 Å². The maximum Gasteiger partial charge on any atom is 0.508 e. The van der Waals surface area contributed by atoms with Crippen LogP contribution in [0.3, 0.4) is 0 Å². The summed E-state index contributed by atoms with van der Waals surface area (Å²) in [4.78, 5) is 43.2. The van der Waals surface area contributed by atoms with Gasteiger partial charge in [-0.05, 0) is 13.8 Å². The van der Waals surface area contributed by atoms with Crippen LogP contribution in [0, 0.1) is 0 Å². The van der Waals surface area contributed by atoms with Gasteiger partial charge in [0.1, 0.15) is 6.61 Å². The summed E-state index contributed by atoms with van der Waals surface area (Å²) in [5, 5.41) is 0. The van der Waals surface area contributed by atoms with Crippen molar-refractivity contribution in [3.8, 4) is 0 Å². The fourth-order valence-electron chi connectivity index (χ4n) is 2.78. The van der Waals surface area contributed by atoms with Crippen molar-refractivity contribution in [2.24, 2.45) is 0 Å². The molecule has 28 heavy (non-hydrogen) atoms. The van der Waals surface area contributed by atoms with E-state index in [1.54, 1.807) is 13.8 Å². The van der Waals surface area contributed by atoms with E-state index in [9.17, 15) is 14.4 Å². The van der Waals surface area contributed by atoms with Crippen molar-refractivity contribution in [2.45, 2.75) is 51.7 Å². The molecule has 3 atom stereocenters. The number of nitrogens with zero attached hydrogens (tertiary/aromatic N) is 3. The second-order valence-corrected chi connectivity index (χ2v) is 7.41. The van der Waals surface area contributed by atoms with Crippen LogP contribution < -0.4 is 10.6 Å². The van der Waals surface area contributed by atoms with Crippen LogP contribution >= 0.6 is 11.3 Å². The van der Waals surface area contributed by atoms with E-state index in [1.165, 1.54) is 17.7 Å². The maximum absolute atomic E-state index is 12.6. The summed E-state index contributed by atoms with van der Waals surface area (Å²) < 4.78 is 23.0. The lowest BCUT2D eigenvalue weighted by Crippen LogP contribution is -2.31. The third-order valence-electron chi connectivity index (χ3n) is 3.83. The number of fused-ring (bicyclic) bond motifs is 1. The molecular weight excluding hydrogens is 392 g/mol. The van der Waals surface area contributed by atoms with Crippen LogP contribution in [0.15, 0.2) is 11.0 Å². The number of esters is 1. The van der Waals surface area contributed by atoms with Crippen molar-refractivity contribution in [3.05, 3.63) is 15.9 Å². The third-order valence-corrected chi connectivity index (χ3v) is 4.71. The summed E-state index contributed by atoms with van der Waals surface area (Å²) in [6.45, 7) is 4.60. The number of anilines is 1. The molecule has 0 bridgehead atoms. The SMILES string of the molecule is CC(=O)OC[C@@H]1C[C@@H](OC(=O)OC(C)C)[C@H](n2c(=O)sc3cnc(N)nc32)O1. The van der Waals surface area contributed by atoms with Crippen LogP contribution in [0.4, 0.5) is 10.7 Å². The maximum atomic E-state index is 12.6. The lowest BCUT2D eigenvalue weighted by molar-refractivity contribution is -0.146. The average Bonchev–Trinajstić information content (AvgIpc) is 3.11. The Morgan fingerprint density at radius 2 is 2.21 bits per heavy atom. The van der Waals surface area contributed by atoms with Gasteiger partial charge in [-0.15, -0.1) is 0 Å². The van der Waals surface area contributed by atoms with E-state index < -0.39 is 30.6 Å². The minimum absolute atomic E-state index is 0.00908. The number of rotatable bonds is 5. The first-order chi connectivity index (χ1) is 13.2. The Bertz CT molecular complexity index is 941. The van der Waals surface area contributed by atoms with Crippen molar-refractivity contribution >= 4 is 39.8 Å². The summed E-state index contributed by atoms with van der Waals surface area (Å²) in [7, 11) is 0. The van der Waals surface area contributed by atoms with Crippen LogP contribution in [0.5, 0.6) is 0 Å². The minimum Gasteiger partial charge on any atom is -0.463 e. The molecule has 3 rings (SSSR count). The first-order valence-corrected chi connectivity index (χ1v) is 9.36. The zero-order valence-electron chi connectivity index (χ0n) is 15.5. The van der Waals surface area contributed by atoms with Gasteiger partial charge in [0, 0.05) is 13.3 Å². The fourth-order valence-corrected chi connectivity index (χ4v) is 3.60. The molecule has 0 aromatic carbocycles. The lowest BCUT2D eigenvalue weighted by atomic mass is 10.2. The minimum atomic E-state index is -0.976. The second-order valence-electron chi connectivity index (χ2n) is 6.41. The van der Waals surface area contributed by atoms with Crippen molar-refractivity contribution < 1.29 is 28.5 Å². The number of aromatic nitrogens is 3. The Kier molecular flexibility index (Phi) is 5.79. The van der Waals surface area contributed by atoms with E-state index in [0.717, 1.165) is 11.3 Å². The summed E-state index contributed by atoms with van der Waals surface area (Å²) in [6, 6.07) is 0. The predicted octanol–water partition coefficient (Wildman–Crippen LogP) is 1.22. The van der Waals surface area contributed by atoms with Crippen LogP contribution in [0.1, 0.15) is 33.4 Å². The largest absolute Gasteiger partial charge is 0.508 e. The Morgan fingerprint density at radius 1 is 1.46 bits per heavy atom. The van der Waals surface area contributed by atoms with E-state index in [0.29, 0.717) is 4.70 Å². The molecule has 11 nitrogen and oxygen atoms in total. The van der Waals surface area contributed by atoms with E-state index >= 15 is 0 Å². The molecule has 0 spiro atoms. The van der Waals surface area contributed by atoms with Crippen molar-refractivity contribution in [1.82, 2.24) is 14.5 Å². The summed E-state index contributed by atoms with van der Waals surface area (Å²) >= 11 is 0.915. The number of nitrogen functional groups attached to an aromatic ring is 1. The Morgan fingerprint density at radius 3 is 2.89 bits per heavy atom. The van der Waals surface area contributed by atoms with Gasteiger partial charge in [0.2, 0.25) is 5.95 Å². The lowest BCUT2D eigenvalue weighted by Gasteiger charge is -2.20. The zero-order valence-corrected chi connectivity index (χ0v) is 16.3. The van der Waals surface area contributed by atoms with Gasteiger partial charge in [-0.25, -0.2) is 9.78 Å². The number of ether oxygens (including phenoxy) is 4. The van der Waals surface area contributed by atoms with Gasteiger partial charge >= 0.3 is 17.0 Å². The summed E-state index contributed by atoms with van der Waals surface area (Å²) in [5.74, 6) is -0.479. The molecule has 0 saturated carbocycles. The number of hydrogen-bond acceptors (Lipinski definition) is 11. The molecule has 0 radical (unpaired) electrons. The van der Waals surface area contributed by atoms with Gasteiger partial charge in [-0.2, -0.15) is 4.98 Å². The smallest absolute Gasteiger partial charge is 0.463 e. The fraction of sp³-hybridized carbons (Fsp3) is 0.562. The highest BCUT2D eigenvalue weighted by atomic mass is 32.1. The van der Waals surface area contributed by atoms with Crippen LogP contribution in [0.25, 0.3) is 10.3 Å². The Labute approximate surface area is 163 Å². The molecule has 3 heterocycles. The topological polar surface area (TPSA) is 145 Å². The van der Waals surface area contributed by atoms with E-state index in [2.05, 4.69) is 9.97 Å². The van der Waals surface area contributed by atoms with Crippen LogP contribution in [-0.4, -0.2) is 51.6 Å². The standard InChI is InChI=1S/C16H20N4O7S/c1-7(2)25-16(23)27-10-4-9(6-24-8(3)21)26-13(10)20-12-11(28-15(20)22)5-18-14(17)19-12/h5,7,9-10,13H,4,6H2,1-3H3,(H2,17,18,19)/t9-,10+,13+/m0/s1. The van der Waals surface area contributed by atoms with Gasteiger partial charge in [-0.1, -0.05) is 11.3 Å². The number of thiazole rings is 1. The normalized spacial score (nSPS) is 21.8. The zero-order chi connectivity index (χ0) is 20.4. The first kappa shape index (κ1) is 20.0. The molecule has 0 aliphatic carbocycles. The summed E-state index contributed by atoms with van der Waals surface area (Å²) in [6.07, 6.45) is -2.02. The van der Waals surface area contributed by atoms with Gasteiger partial charge in [0.15, 0.2) is 18.0 Å². The van der Waals surface area contributed by atoms with Crippen molar-refractivity contribution in [2.75, 3.05) is 12.3 Å². The van der Waals surface area contributed by atoms with E-state index in [1.807, 2.05) is 0 Å². The molecule has 12 heteroatoms. The molecule has 0 amide bonds. The van der Waals surface area contributed by atoms with Crippen molar-refractivity contribution in [3.63, 3.8) is 0 Å². The van der Waals surface area contributed by atoms with Crippen LogP contribution in [-0.2, 0) is 23.7 Å². The molecule has 1 aliphatic rings. The van der Waals surface area contributed by atoms with Gasteiger partial charge in [-0.3, -0.25) is 14.2 Å². The molecule has 1 fully saturated rings. The van der Waals surface area contributed by atoms with Gasteiger partial charge < -0.3 is 24.7 Å². The molecule has 2 aromatic rings. The second kappa shape index (κ2) is 8.10. The molecular formula is C16H20N4O7S. The Hall–Kier alpha value is -2.73. The number of carbonyl (C=O) groups excluding carboxylic acids is 2. The third kappa shape index (κ3) is 4.39. The number of nitrogens with two attached hydrogens (primary N) is 1. The number of carbonyl (C=O) groups is 2. The summed E-state index contributed by atoms with van der Waals surface area (Å²) in [5.41, 5.74) is 5.91. The molecule has 1 aliphatic heterocycles. The first-order valence-electron chi connectivity index (χ1n) is 8.54. The monoisotopic (exact) mass is 412 g/mol. The average molecular weight is 412 g/mol. The highest BCUT2D eigenvalue weighted by Gasteiger charge is 2.42. The Balaban J connectivity index is 1.91. The molecule has 1 saturated heterocycles. The molecule has 2 aromatic heterocycles. The number of hydrogen-bond donors (Lipinski definition) is 1. The van der Waals surface area contributed by atoms with Gasteiger partial charge in [0.05, 0.1) is 23.1 Å². The molecule has 152 valence electrons. The molecule has 0 unspecified atom stereocenters.